The third-order valence-corrected chi connectivity index (χ3v) is 1.58. The lowest BCUT2D eigenvalue weighted by Crippen LogP contribution is -1.84. The van der Waals surface area contributed by atoms with Crippen LogP contribution in [0.5, 0.6) is 0 Å². The highest BCUT2D eigenvalue weighted by molar-refractivity contribution is 9.09. The molecule has 0 aliphatic carbocycles. The SMILES string of the molecule is Cc1ncccc1C#CCBr. The molecule has 56 valence electrons. The van der Waals surface area contributed by atoms with Crippen molar-refractivity contribution < 1.29 is 0 Å². The Morgan fingerprint density at radius 3 is 3.09 bits per heavy atom. The molecule has 2 heteroatoms. The highest BCUT2D eigenvalue weighted by Gasteiger charge is 1.90. The summed E-state index contributed by atoms with van der Waals surface area (Å²) in [7, 11) is 0. The maximum atomic E-state index is 4.11. The molecule has 0 aliphatic heterocycles. The van der Waals surface area contributed by atoms with E-state index in [0.29, 0.717) is 5.33 Å². The van der Waals surface area contributed by atoms with Crippen molar-refractivity contribution in [3.05, 3.63) is 29.6 Å². The van der Waals surface area contributed by atoms with E-state index < -0.39 is 0 Å². The number of hydrogen-bond acceptors (Lipinski definition) is 1. The molecule has 1 aromatic rings. The van der Waals surface area contributed by atoms with Gasteiger partial charge in [0.25, 0.3) is 0 Å². The van der Waals surface area contributed by atoms with Gasteiger partial charge in [-0.3, -0.25) is 4.98 Å². The summed E-state index contributed by atoms with van der Waals surface area (Å²) in [5.41, 5.74) is 1.99. The van der Waals surface area contributed by atoms with Crippen molar-refractivity contribution in [2.45, 2.75) is 6.92 Å². The Morgan fingerprint density at radius 2 is 2.45 bits per heavy atom. The monoisotopic (exact) mass is 209 g/mol. The van der Waals surface area contributed by atoms with Crippen molar-refractivity contribution in [3.8, 4) is 11.8 Å². The van der Waals surface area contributed by atoms with E-state index >= 15 is 0 Å². The molecule has 11 heavy (non-hydrogen) atoms. The summed E-state index contributed by atoms with van der Waals surface area (Å²) >= 11 is 3.24. The molecule has 0 bridgehead atoms. The first-order chi connectivity index (χ1) is 5.34. The lowest BCUT2D eigenvalue weighted by Gasteiger charge is -1.92. The van der Waals surface area contributed by atoms with Gasteiger partial charge >= 0.3 is 0 Å². The summed E-state index contributed by atoms with van der Waals surface area (Å²) in [5, 5.41) is 0.710. The van der Waals surface area contributed by atoms with Crippen LogP contribution in [-0.4, -0.2) is 10.3 Å². The maximum absolute atomic E-state index is 4.11. The van der Waals surface area contributed by atoms with Crippen molar-refractivity contribution in [2.75, 3.05) is 5.33 Å². The van der Waals surface area contributed by atoms with Crippen molar-refractivity contribution in [3.63, 3.8) is 0 Å². The number of pyridine rings is 1. The predicted molar refractivity (Wildman–Crippen MR) is 49.6 cm³/mol. The summed E-state index contributed by atoms with van der Waals surface area (Å²) in [6, 6.07) is 3.86. The minimum atomic E-state index is 0.710. The molecular formula is C9H8BrN. The van der Waals surface area contributed by atoms with E-state index in [4.69, 9.17) is 0 Å². The van der Waals surface area contributed by atoms with E-state index in [9.17, 15) is 0 Å². The standard InChI is InChI=1S/C9H8BrN/c1-8-9(4-2-6-10)5-3-7-11-8/h3,5,7H,6H2,1H3. The number of hydrogen-bond donors (Lipinski definition) is 0. The third-order valence-electron chi connectivity index (χ3n) is 1.30. The van der Waals surface area contributed by atoms with Crippen LogP contribution in [0.15, 0.2) is 18.3 Å². The Labute approximate surface area is 75.0 Å². The van der Waals surface area contributed by atoms with Gasteiger partial charge in [-0.15, -0.1) is 0 Å². The maximum Gasteiger partial charge on any atom is 0.0649 e. The van der Waals surface area contributed by atoms with Crippen LogP contribution in [-0.2, 0) is 0 Å². The second kappa shape index (κ2) is 4.15. The molecule has 1 heterocycles. The first-order valence-electron chi connectivity index (χ1n) is 3.31. The lowest BCUT2D eigenvalue weighted by atomic mass is 10.2. The quantitative estimate of drug-likeness (QED) is 0.472. The predicted octanol–water partition coefficient (Wildman–Crippen LogP) is 2.14. The van der Waals surface area contributed by atoms with Gasteiger partial charge in [0, 0.05) is 11.8 Å². The largest absolute Gasteiger partial charge is 0.260 e. The van der Waals surface area contributed by atoms with Crippen LogP contribution >= 0.6 is 15.9 Å². The van der Waals surface area contributed by atoms with Crippen LogP contribution in [0.3, 0.4) is 0 Å². The van der Waals surface area contributed by atoms with Gasteiger partial charge in [0.15, 0.2) is 0 Å². The molecule has 0 aromatic carbocycles. The minimum absolute atomic E-state index is 0.710. The number of halogens is 1. The normalized spacial score (nSPS) is 8.55. The Bertz CT molecular complexity index is 296. The lowest BCUT2D eigenvalue weighted by molar-refractivity contribution is 1.19. The molecule has 1 nitrogen and oxygen atoms in total. The van der Waals surface area contributed by atoms with Crippen molar-refractivity contribution in [1.82, 2.24) is 4.98 Å². The van der Waals surface area contributed by atoms with Crippen molar-refractivity contribution in [1.29, 1.82) is 0 Å². The third kappa shape index (κ3) is 2.36. The van der Waals surface area contributed by atoms with Gasteiger partial charge < -0.3 is 0 Å². The van der Waals surface area contributed by atoms with Gasteiger partial charge in [-0.2, -0.15) is 0 Å². The molecule has 1 aromatic heterocycles. The number of aryl methyl sites for hydroxylation is 1. The second-order valence-corrected chi connectivity index (χ2v) is 2.63. The van der Waals surface area contributed by atoms with Crippen molar-refractivity contribution >= 4 is 15.9 Å². The fourth-order valence-corrected chi connectivity index (χ4v) is 0.885. The molecule has 0 fully saturated rings. The molecule has 0 unspecified atom stereocenters. The fourth-order valence-electron chi connectivity index (χ4n) is 0.745. The molecule has 0 saturated heterocycles. The first kappa shape index (κ1) is 8.29. The van der Waals surface area contributed by atoms with Crippen LogP contribution in [0.4, 0.5) is 0 Å². The van der Waals surface area contributed by atoms with E-state index in [0.717, 1.165) is 11.3 Å². The van der Waals surface area contributed by atoms with E-state index in [-0.39, 0.29) is 0 Å². The van der Waals surface area contributed by atoms with E-state index in [1.807, 2.05) is 19.1 Å². The number of alkyl halides is 1. The molecule has 0 saturated carbocycles. The summed E-state index contributed by atoms with van der Waals surface area (Å²) in [4.78, 5) is 4.11. The zero-order valence-electron chi connectivity index (χ0n) is 6.26. The second-order valence-electron chi connectivity index (χ2n) is 2.07. The molecule has 0 amide bonds. The summed E-state index contributed by atoms with van der Waals surface area (Å²) in [6.45, 7) is 1.96. The van der Waals surface area contributed by atoms with Gasteiger partial charge in [0.1, 0.15) is 0 Å². The zero-order valence-corrected chi connectivity index (χ0v) is 7.85. The zero-order chi connectivity index (χ0) is 8.10. The first-order valence-corrected chi connectivity index (χ1v) is 4.43. The molecule has 1 rings (SSSR count). The number of nitrogens with zero attached hydrogens (tertiary/aromatic N) is 1. The number of rotatable bonds is 0. The average Bonchev–Trinajstić information content (AvgIpc) is 2.03. The molecule has 0 N–H and O–H groups in total. The van der Waals surface area contributed by atoms with Crippen LogP contribution < -0.4 is 0 Å². The van der Waals surface area contributed by atoms with Gasteiger partial charge in [-0.1, -0.05) is 27.8 Å². The van der Waals surface area contributed by atoms with Crippen LogP contribution in [0.2, 0.25) is 0 Å². The highest BCUT2D eigenvalue weighted by Crippen LogP contribution is 2.00. The Kier molecular flexibility index (Phi) is 3.13. The topological polar surface area (TPSA) is 12.9 Å². The summed E-state index contributed by atoms with van der Waals surface area (Å²) < 4.78 is 0. The van der Waals surface area contributed by atoms with E-state index in [2.05, 4.69) is 32.8 Å². The van der Waals surface area contributed by atoms with Gasteiger partial charge in [-0.25, -0.2) is 0 Å². The molecule has 0 aliphatic rings. The van der Waals surface area contributed by atoms with E-state index in [1.165, 1.54) is 0 Å². The Hall–Kier alpha value is -0.810. The minimum Gasteiger partial charge on any atom is -0.260 e. The highest BCUT2D eigenvalue weighted by atomic mass is 79.9. The van der Waals surface area contributed by atoms with Gasteiger partial charge in [-0.05, 0) is 19.1 Å². The number of aromatic nitrogens is 1. The average molecular weight is 210 g/mol. The Balaban J connectivity index is 2.95. The Morgan fingerprint density at radius 1 is 1.64 bits per heavy atom. The van der Waals surface area contributed by atoms with Crippen LogP contribution in [0.25, 0.3) is 0 Å². The van der Waals surface area contributed by atoms with Crippen molar-refractivity contribution in [2.24, 2.45) is 0 Å². The fraction of sp³-hybridized carbons (Fsp3) is 0.222. The molecular weight excluding hydrogens is 202 g/mol. The summed E-state index contributed by atoms with van der Waals surface area (Å²) in [5.74, 6) is 5.94. The van der Waals surface area contributed by atoms with Gasteiger partial charge in [0.2, 0.25) is 0 Å². The van der Waals surface area contributed by atoms with Crippen LogP contribution in [0.1, 0.15) is 11.3 Å². The van der Waals surface area contributed by atoms with Crippen LogP contribution in [0, 0.1) is 18.8 Å². The summed E-state index contributed by atoms with van der Waals surface area (Å²) in [6.07, 6.45) is 1.77. The molecule has 0 radical (unpaired) electrons. The smallest absolute Gasteiger partial charge is 0.0649 e. The molecule has 0 atom stereocenters. The molecule has 0 spiro atoms. The van der Waals surface area contributed by atoms with Gasteiger partial charge in [0.05, 0.1) is 11.0 Å². The van der Waals surface area contributed by atoms with E-state index in [1.54, 1.807) is 6.20 Å².